The minimum atomic E-state index is -5.08. The van der Waals surface area contributed by atoms with Crippen LogP contribution in [0.15, 0.2) is 71.2 Å². The maximum absolute atomic E-state index is 13.4. The second-order valence-electron chi connectivity index (χ2n) is 8.64. The number of hydrogen-bond acceptors (Lipinski definition) is 5. The molecule has 0 saturated heterocycles. The number of carbonyl (C=O) groups is 3. The van der Waals surface area contributed by atoms with Crippen molar-refractivity contribution < 1.29 is 42.9 Å². The summed E-state index contributed by atoms with van der Waals surface area (Å²) < 4.78 is 32.6. The maximum atomic E-state index is 13.4. The third-order valence-electron chi connectivity index (χ3n) is 6.17. The monoisotopic (exact) mass is 620 g/mol. The molecule has 40 heavy (non-hydrogen) atoms. The molecule has 4 aromatic rings. The highest BCUT2D eigenvalue weighted by molar-refractivity contribution is 9.10. The zero-order valence-electron chi connectivity index (χ0n) is 20.5. The standard InChI is InChI=1S/C24H19BrN4O4.C2HF3O2/c1-28(23(31)32)22-26-19-11-10-15(12-20(19)27-22)24(33)17-8-4-3-7-16(17)21(30)29(24)13-14-6-2-5-9-18(14)25;3-2(4,5)1(6)7/h2-12,33H,13H2,1H3,(H,26,27)(H,31,32);(H,6,7). The van der Waals surface area contributed by atoms with Gasteiger partial charge in [0.1, 0.15) is 0 Å². The summed E-state index contributed by atoms with van der Waals surface area (Å²) in [4.78, 5) is 43.3. The average molecular weight is 621 g/mol. The van der Waals surface area contributed by atoms with Crippen LogP contribution in [-0.4, -0.2) is 61.4 Å². The molecule has 0 saturated carbocycles. The van der Waals surface area contributed by atoms with Crippen LogP contribution in [0.2, 0.25) is 0 Å². The zero-order valence-corrected chi connectivity index (χ0v) is 22.1. The first kappa shape index (κ1) is 28.6. The van der Waals surface area contributed by atoms with Gasteiger partial charge < -0.3 is 20.3 Å². The van der Waals surface area contributed by atoms with Crippen LogP contribution in [0.1, 0.15) is 27.0 Å². The van der Waals surface area contributed by atoms with Crippen molar-refractivity contribution >= 4 is 50.9 Å². The Kier molecular flexibility index (Phi) is 7.59. The van der Waals surface area contributed by atoms with Gasteiger partial charge in [0, 0.05) is 28.2 Å². The lowest BCUT2D eigenvalue weighted by atomic mass is 9.93. The number of aromatic nitrogens is 2. The fraction of sp³-hybridized carbons (Fsp3) is 0.154. The molecule has 1 aromatic heterocycles. The van der Waals surface area contributed by atoms with Crippen molar-refractivity contribution in [3.8, 4) is 0 Å². The number of nitrogens with one attached hydrogen (secondary N) is 1. The molecule has 0 bridgehead atoms. The molecule has 0 spiro atoms. The van der Waals surface area contributed by atoms with Gasteiger partial charge in [0.15, 0.2) is 5.72 Å². The third-order valence-corrected chi connectivity index (χ3v) is 6.95. The second kappa shape index (κ2) is 10.6. The average Bonchev–Trinajstić information content (AvgIpc) is 3.43. The number of carbonyl (C=O) groups excluding carboxylic acids is 1. The van der Waals surface area contributed by atoms with E-state index in [0.717, 1.165) is 14.9 Å². The van der Waals surface area contributed by atoms with Crippen molar-refractivity contribution in [3.05, 3.63) is 93.5 Å². The number of fused-ring (bicyclic) bond motifs is 2. The maximum Gasteiger partial charge on any atom is 0.490 e. The van der Waals surface area contributed by atoms with Gasteiger partial charge >= 0.3 is 18.2 Å². The van der Waals surface area contributed by atoms with E-state index in [1.54, 1.807) is 42.5 Å². The number of H-pyrrole nitrogens is 1. The Bertz CT molecular complexity index is 1630. The van der Waals surface area contributed by atoms with Crippen molar-refractivity contribution in [2.45, 2.75) is 18.4 Å². The first-order valence-corrected chi connectivity index (χ1v) is 12.2. The van der Waals surface area contributed by atoms with Crippen molar-refractivity contribution in [3.63, 3.8) is 0 Å². The lowest BCUT2D eigenvalue weighted by Crippen LogP contribution is -2.44. The fourth-order valence-electron chi connectivity index (χ4n) is 4.17. The van der Waals surface area contributed by atoms with Crippen LogP contribution >= 0.6 is 15.9 Å². The second-order valence-corrected chi connectivity index (χ2v) is 9.49. The van der Waals surface area contributed by atoms with Gasteiger partial charge in [-0.2, -0.15) is 13.2 Å². The van der Waals surface area contributed by atoms with Crippen molar-refractivity contribution in [1.82, 2.24) is 14.9 Å². The number of nitrogens with zero attached hydrogens (tertiary/aromatic N) is 3. The zero-order chi connectivity index (χ0) is 29.4. The Labute approximate surface area is 232 Å². The summed E-state index contributed by atoms with van der Waals surface area (Å²) in [7, 11) is 1.39. The Hall–Kier alpha value is -4.43. The minimum absolute atomic E-state index is 0.162. The van der Waals surface area contributed by atoms with Gasteiger partial charge in [0.25, 0.3) is 5.91 Å². The minimum Gasteiger partial charge on any atom is -0.475 e. The van der Waals surface area contributed by atoms with E-state index >= 15 is 0 Å². The van der Waals surface area contributed by atoms with Crippen LogP contribution in [0, 0.1) is 0 Å². The van der Waals surface area contributed by atoms with Gasteiger partial charge in [0.2, 0.25) is 5.95 Å². The Morgan fingerprint density at radius 3 is 2.33 bits per heavy atom. The van der Waals surface area contributed by atoms with Gasteiger partial charge in [0.05, 0.1) is 17.6 Å². The Morgan fingerprint density at radius 2 is 1.70 bits per heavy atom. The lowest BCUT2D eigenvalue weighted by Gasteiger charge is -2.35. The molecule has 1 unspecified atom stereocenters. The summed E-state index contributed by atoms with van der Waals surface area (Å²) in [5.41, 5.74) is 1.61. The molecule has 1 aliphatic rings. The number of rotatable bonds is 4. The number of aromatic amines is 1. The summed E-state index contributed by atoms with van der Waals surface area (Å²) >= 11 is 3.53. The molecule has 0 aliphatic carbocycles. The molecule has 5 rings (SSSR count). The number of anilines is 1. The van der Waals surface area contributed by atoms with Gasteiger partial charge in [-0.15, -0.1) is 0 Å². The van der Waals surface area contributed by atoms with Crippen LogP contribution in [0.3, 0.4) is 0 Å². The van der Waals surface area contributed by atoms with Crippen LogP contribution in [-0.2, 0) is 17.1 Å². The van der Waals surface area contributed by atoms with E-state index in [1.165, 1.54) is 11.9 Å². The van der Waals surface area contributed by atoms with E-state index in [4.69, 9.17) is 9.90 Å². The highest BCUT2D eigenvalue weighted by Crippen LogP contribution is 2.44. The van der Waals surface area contributed by atoms with Gasteiger partial charge in [-0.25, -0.2) is 14.6 Å². The van der Waals surface area contributed by atoms with E-state index in [1.807, 2.05) is 24.3 Å². The number of alkyl halides is 3. The van der Waals surface area contributed by atoms with E-state index in [-0.39, 0.29) is 18.4 Å². The summed E-state index contributed by atoms with van der Waals surface area (Å²) in [6.07, 6.45) is -6.23. The number of aliphatic hydroxyl groups is 1. The number of benzene rings is 3. The predicted molar refractivity (Wildman–Crippen MR) is 140 cm³/mol. The third kappa shape index (κ3) is 5.22. The predicted octanol–water partition coefficient (Wildman–Crippen LogP) is 4.92. The number of carboxylic acid groups (broad SMARTS) is 2. The van der Waals surface area contributed by atoms with Crippen molar-refractivity contribution in [2.75, 3.05) is 11.9 Å². The highest BCUT2D eigenvalue weighted by atomic mass is 79.9. The highest BCUT2D eigenvalue weighted by Gasteiger charge is 2.50. The number of hydrogen-bond donors (Lipinski definition) is 4. The molecule has 1 aliphatic heterocycles. The van der Waals surface area contributed by atoms with E-state index in [2.05, 4.69) is 25.9 Å². The molecule has 208 valence electrons. The molecular weight excluding hydrogens is 601 g/mol. The summed E-state index contributed by atoms with van der Waals surface area (Å²) in [6, 6.07) is 19.7. The Balaban J connectivity index is 0.000000470. The summed E-state index contributed by atoms with van der Waals surface area (Å²) in [5.74, 6) is -2.87. The van der Waals surface area contributed by atoms with Crippen molar-refractivity contribution in [1.29, 1.82) is 0 Å². The first-order valence-electron chi connectivity index (χ1n) is 11.4. The van der Waals surface area contributed by atoms with E-state index in [0.29, 0.717) is 27.7 Å². The molecule has 0 radical (unpaired) electrons. The smallest absolute Gasteiger partial charge is 0.475 e. The van der Waals surface area contributed by atoms with Crippen LogP contribution in [0.5, 0.6) is 0 Å². The normalized spacial score (nSPS) is 16.4. The van der Waals surface area contributed by atoms with Crippen LogP contribution in [0.4, 0.5) is 23.9 Å². The molecule has 14 heteroatoms. The summed E-state index contributed by atoms with van der Waals surface area (Å²) in [5, 5.41) is 28.5. The molecule has 10 nitrogen and oxygen atoms in total. The largest absolute Gasteiger partial charge is 0.490 e. The first-order chi connectivity index (χ1) is 18.7. The van der Waals surface area contributed by atoms with Gasteiger partial charge in [-0.3, -0.25) is 14.6 Å². The molecule has 4 N–H and O–H groups in total. The molecule has 1 atom stereocenters. The number of amides is 2. The lowest BCUT2D eigenvalue weighted by molar-refractivity contribution is -0.192. The van der Waals surface area contributed by atoms with Crippen LogP contribution < -0.4 is 4.90 Å². The molecule has 3 aromatic carbocycles. The van der Waals surface area contributed by atoms with Gasteiger partial charge in [-0.05, 0) is 29.8 Å². The Morgan fingerprint density at radius 1 is 1.07 bits per heavy atom. The summed E-state index contributed by atoms with van der Waals surface area (Å²) in [6.45, 7) is 0.180. The van der Waals surface area contributed by atoms with Gasteiger partial charge in [-0.1, -0.05) is 58.4 Å². The number of imidazole rings is 1. The van der Waals surface area contributed by atoms with E-state index in [9.17, 15) is 33.0 Å². The number of halogens is 4. The number of aliphatic carboxylic acids is 1. The number of carboxylic acids is 1. The van der Waals surface area contributed by atoms with E-state index < -0.39 is 24.0 Å². The SMILES string of the molecule is CN(C(=O)O)c1nc2ccc(C3(O)c4ccccc4C(=O)N3Cc3ccccc3Br)cc2[nH]1.O=C(O)C(F)(F)F. The van der Waals surface area contributed by atoms with Crippen molar-refractivity contribution in [2.24, 2.45) is 0 Å². The quantitative estimate of drug-likeness (QED) is 0.253. The topological polar surface area (TPSA) is 147 Å². The molecule has 2 amide bonds. The van der Waals surface area contributed by atoms with Crippen LogP contribution in [0.25, 0.3) is 11.0 Å². The molecule has 2 heterocycles. The fourth-order valence-corrected chi connectivity index (χ4v) is 4.58. The molecular formula is C26H20BrF3N4O6. The molecule has 0 fully saturated rings.